The highest BCUT2D eigenvalue weighted by Crippen LogP contribution is 2.41. The first-order chi connectivity index (χ1) is 29.4. The first-order valence-corrected chi connectivity index (χ1v) is 22.4. The number of methoxy groups -OCH3 is 2. The van der Waals surface area contributed by atoms with Crippen molar-refractivity contribution < 1.29 is 47.6 Å². The van der Waals surface area contributed by atoms with Crippen LogP contribution in [0.3, 0.4) is 0 Å². The zero-order chi connectivity index (χ0) is 43.6. The number of carbonyl (C=O) groups excluding carboxylic acids is 4. The van der Waals surface area contributed by atoms with Gasteiger partial charge in [-0.25, -0.2) is 0 Å². The Hall–Kier alpha value is -4.45. The topological polar surface area (TPSA) is 158 Å². The van der Waals surface area contributed by atoms with Crippen molar-refractivity contribution in [3.05, 3.63) is 59.7 Å². The molecule has 61 heavy (non-hydrogen) atoms. The summed E-state index contributed by atoms with van der Waals surface area (Å²) in [5.74, 6) is 1.22. The van der Waals surface area contributed by atoms with Gasteiger partial charge in [0.25, 0.3) is 11.8 Å². The number of amides is 4. The van der Waals surface area contributed by atoms with E-state index in [1.165, 1.54) is 7.11 Å². The quantitative estimate of drug-likeness (QED) is 0.0892. The molecular formula is C44H55Br2N5O10. The third kappa shape index (κ3) is 11.3. The average Bonchev–Trinajstić information content (AvgIpc) is 3.76. The van der Waals surface area contributed by atoms with Crippen LogP contribution in [0, 0.1) is 0 Å². The highest BCUT2D eigenvalue weighted by atomic mass is 79.9. The second-order valence-electron chi connectivity index (χ2n) is 15.4. The molecule has 0 aliphatic carbocycles. The smallest absolute Gasteiger partial charge is 0.257 e. The van der Waals surface area contributed by atoms with Gasteiger partial charge in [-0.2, -0.15) is 0 Å². The molecule has 2 aromatic carbocycles. The Morgan fingerprint density at radius 2 is 1.43 bits per heavy atom. The largest absolute Gasteiger partial charge is 0.493 e. The van der Waals surface area contributed by atoms with E-state index < -0.39 is 0 Å². The number of carbonyl (C=O) groups is 4. The molecule has 2 fully saturated rings. The van der Waals surface area contributed by atoms with Gasteiger partial charge in [0.1, 0.15) is 4.83 Å². The van der Waals surface area contributed by atoms with Crippen LogP contribution in [0.1, 0.15) is 66.2 Å². The fourth-order valence-electron chi connectivity index (χ4n) is 7.71. The summed E-state index contributed by atoms with van der Waals surface area (Å²) >= 11 is 6.72. The van der Waals surface area contributed by atoms with Gasteiger partial charge in [-0.3, -0.25) is 24.2 Å². The summed E-state index contributed by atoms with van der Waals surface area (Å²) in [6, 6.07) is 6.53. The number of ether oxygens (including phenoxy) is 6. The maximum atomic E-state index is 13.9. The number of nitrogens with zero attached hydrogens (tertiary/aromatic N) is 4. The van der Waals surface area contributed by atoms with Crippen LogP contribution in [0.2, 0.25) is 0 Å². The molecule has 2 aromatic rings. The molecule has 0 radical (unpaired) electrons. The summed E-state index contributed by atoms with van der Waals surface area (Å²) < 4.78 is 34.9. The molecule has 0 bridgehead atoms. The summed E-state index contributed by atoms with van der Waals surface area (Å²) in [4.78, 5) is 62.6. The minimum atomic E-state index is -0.335. The molecule has 2 saturated heterocycles. The lowest BCUT2D eigenvalue weighted by atomic mass is 10.1. The maximum Gasteiger partial charge on any atom is 0.257 e. The molecule has 0 spiro atoms. The Labute approximate surface area is 374 Å². The molecule has 4 aliphatic rings. The van der Waals surface area contributed by atoms with E-state index in [2.05, 4.69) is 55.3 Å². The molecule has 4 heterocycles. The molecule has 4 atom stereocenters. The Kier molecular flexibility index (Phi) is 16.3. The molecule has 330 valence electrons. The van der Waals surface area contributed by atoms with E-state index in [1.807, 2.05) is 6.92 Å². The fraction of sp³-hybridized carbons (Fsp3) is 0.523. The number of hydrogen-bond donors (Lipinski definition) is 1. The van der Waals surface area contributed by atoms with Crippen LogP contribution in [-0.2, 0) is 19.1 Å². The summed E-state index contributed by atoms with van der Waals surface area (Å²) in [5.41, 5.74) is 3.80. The van der Waals surface area contributed by atoms with E-state index >= 15 is 0 Å². The summed E-state index contributed by atoms with van der Waals surface area (Å²) in [6.45, 7) is 13.5. The van der Waals surface area contributed by atoms with E-state index in [-0.39, 0.29) is 65.0 Å². The second-order valence-corrected chi connectivity index (χ2v) is 17.9. The normalized spacial score (nSPS) is 19.1. The van der Waals surface area contributed by atoms with E-state index in [9.17, 15) is 19.2 Å². The van der Waals surface area contributed by atoms with Gasteiger partial charge >= 0.3 is 0 Å². The van der Waals surface area contributed by atoms with Crippen molar-refractivity contribution >= 4 is 73.1 Å². The van der Waals surface area contributed by atoms with Crippen molar-refractivity contribution in [2.24, 2.45) is 4.99 Å². The number of nitrogens with one attached hydrogen (secondary N) is 1. The van der Waals surface area contributed by atoms with Crippen LogP contribution in [0.5, 0.6) is 23.0 Å². The Bertz CT molecular complexity index is 2010. The predicted molar refractivity (Wildman–Crippen MR) is 239 cm³/mol. The number of unbranched alkanes of at least 4 members (excludes halogenated alkanes) is 2. The second kappa shape index (κ2) is 21.6. The molecule has 2 unspecified atom stereocenters. The number of aliphatic imine (C=N–C) groups is 1. The summed E-state index contributed by atoms with van der Waals surface area (Å²) in [5, 5.41) is 2.80. The van der Waals surface area contributed by atoms with E-state index in [4.69, 9.17) is 28.4 Å². The van der Waals surface area contributed by atoms with Crippen LogP contribution >= 0.6 is 31.9 Å². The maximum absolute atomic E-state index is 13.9. The minimum Gasteiger partial charge on any atom is -0.493 e. The van der Waals surface area contributed by atoms with Crippen molar-refractivity contribution in [2.75, 3.05) is 84.9 Å². The van der Waals surface area contributed by atoms with Crippen LogP contribution in [0.25, 0.3) is 0 Å². The van der Waals surface area contributed by atoms with Crippen molar-refractivity contribution in [3.8, 4) is 23.0 Å². The third-order valence-electron chi connectivity index (χ3n) is 10.9. The number of rotatable bonds is 21. The number of hydrogen-bond acceptors (Lipinski definition) is 11. The number of halogens is 2. The fourth-order valence-corrected chi connectivity index (χ4v) is 8.12. The van der Waals surface area contributed by atoms with Gasteiger partial charge in [-0.15, -0.1) is 0 Å². The SMILES string of the molecule is C=C1C[C@H]2CN(C(=O)CCOCCOCCNC(=O)C(Br)C(C)Br)c3cc(OCCCCCOc4cc5c(cc4OC)C(=O)N4CC(=C)C[C@H]4C=N5)c(OC)cc3C(=O)N2C1. The van der Waals surface area contributed by atoms with E-state index in [1.54, 1.807) is 52.3 Å². The zero-order valence-corrected chi connectivity index (χ0v) is 38.2. The third-order valence-corrected chi connectivity index (χ3v) is 13.4. The van der Waals surface area contributed by atoms with Crippen LogP contribution in [0.4, 0.5) is 11.4 Å². The molecular weight excluding hydrogens is 918 g/mol. The van der Waals surface area contributed by atoms with Crippen molar-refractivity contribution in [1.29, 1.82) is 0 Å². The molecule has 4 aliphatic heterocycles. The van der Waals surface area contributed by atoms with E-state index in [0.717, 1.165) is 24.0 Å². The molecule has 0 saturated carbocycles. The average molecular weight is 974 g/mol. The predicted octanol–water partition coefficient (Wildman–Crippen LogP) is 6.02. The molecule has 15 nitrogen and oxygen atoms in total. The van der Waals surface area contributed by atoms with Gasteiger partial charge in [0.2, 0.25) is 11.8 Å². The number of alkyl halides is 2. The van der Waals surface area contributed by atoms with Gasteiger partial charge in [-0.1, -0.05) is 63.1 Å². The Morgan fingerprint density at radius 1 is 0.803 bits per heavy atom. The van der Waals surface area contributed by atoms with Crippen LogP contribution < -0.4 is 29.2 Å². The van der Waals surface area contributed by atoms with E-state index in [0.29, 0.717) is 117 Å². The minimum absolute atomic E-state index is 0.00621. The standard InChI is InChI=1S/C44H55Br2N5O10/c1-27-17-30-23-48-34-21-38(36(56-4)19-32(34)43(54)49(30)24-27)60-11-7-6-8-12-61-39-22-35-33(20-37(39)57-5)44(55)50-25-28(2)18-31(50)26-51(35)40(52)9-13-58-15-16-59-14-10-47-42(53)41(46)29(3)45/h19-23,29-31,41H,1-2,6-18,24-26H2,3-5H3,(H,47,53)/t29?,30-,31-,41?/m0/s1. The molecule has 1 N–H and O–H groups in total. The first kappa shape index (κ1) is 46.1. The van der Waals surface area contributed by atoms with Gasteiger partial charge < -0.3 is 48.4 Å². The zero-order valence-electron chi connectivity index (χ0n) is 35.1. The molecule has 4 amide bonds. The van der Waals surface area contributed by atoms with Crippen LogP contribution in [-0.4, -0.2) is 141 Å². The Morgan fingerprint density at radius 3 is 2.11 bits per heavy atom. The highest BCUT2D eigenvalue weighted by Gasteiger charge is 2.40. The number of benzene rings is 2. The lowest BCUT2D eigenvalue weighted by Gasteiger charge is -2.26. The Balaban J connectivity index is 1.00. The van der Waals surface area contributed by atoms with Crippen molar-refractivity contribution in [3.63, 3.8) is 0 Å². The summed E-state index contributed by atoms with van der Waals surface area (Å²) in [7, 11) is 3.07. The van der Waals surface area contributed by atoms with Crippen LogP contribution in [0.15, 0.2) is 53.6 Å². The van der Waals surface area contributed by atoms with Crippen molar-refractivity contribution in [2.45, 2.75) is 67.2 Å². The van der Waals surface area contributed by atoms with Gasteiger partial charge in [-0.05, 0) is 44.2 Å². The first-order valence-electron chi connectivity index (χ1n) is 20.6. The van der Waals surface area contributed by atoms with Gasteiger partial charge in [0, 0.05) is 49.4 Å². The molecule has 0 aromatic heterocycles. The lowest BCUT2D eigenvalue weighted by Crippen LogP contribution is -2.42. The monoisotopic (exact) mass is 971 g/mol. The highest BCUT2D eigenvalue weighted by molar-refractivity contribution is 9.12. The lowest BCUT2D eigenvalue weighted by molar-refractivity contribution is -0.120. The number of anilines is 1. The summed E-state index contributed by atoms with van der Waals surface area (Å²) in [6.07, 6.45) is 5.43. The molecule has 6 rings (SSSR count). The van der Waals surface area contributed by atoms with Crippen molar-refractivity contribution in [1.82, 2.24) is 15.1 Å². The van der Waals surface area contributed by atoms with Gasteiger partial charge in [0.05, 0.1) is 94.9 Å². The number of fused-ring (bicyclic) bond motifs is 4. The molecule has 17 heteroatoms. The van der Waals surface area contributed by atoms with Gasteiger partial charge in [0.15, 0.2) is 23.0 Å².